The fraction of sp³-hybridized carbons (Fsp3) is 0.364. The molecule has 0 aliphatic carbocycles. The summed E-state index contributed by atoms with van der Waals surface area (Å²) in [6.07, 6.45) is 0. The number of rotatable bonds is 7. The molecule has 2 N–H and O–H groups in total. The number of hydrogen-bond acceptors (Lipinski definition) is 4. The number of esters is 1. The van der Waals surface area contributed by atoms with Crippen molar-refractivity contribution in [3.8, 4) is 5.75 Å². The van der Waals surface area contributed by atoms with Gasteiger partial charge in [0.2, 0.25) is 0 Å². The van der Waals surface area contributed by atoms with Gasteiger partial charge in [-0.25, -0.2) is 9.59 Å². The SMILES string of the molecule is CCOC(=O)c1ccc(NC(=O)NCCOc2ccc(C(C)(C)C)cc2)cc1. The normalized spacial score (nSPS) is 10.9. The van der Waals surface area contributed by atoms with Gasteiger partial charge in [-0.2, -0.15) is 0 Å². The second-order valence-electron chi connectivity index (χ2n) is 7.30. The monoisotopic (exact) mass is 384 g/mol. The summed E-state index contributed by atoms with van der Waals surface area (Å²) >= 11 is 0. The van der Waals surface area contributed by atoms with Crippen molar-refractivity contribution < 1.29 is 19.1 Å². The van der Waals surface area contributed by atoms with Crippen LogP contribution in [0.15, 0.2) is 48.5 Å². The van der Waals surface area contributed by atoms with E-state index in [0.29, 0.717) is 31.0 Å². The average Bonchev–Trinajstić information content (AvgIpc) is 2.66. The van der Waals surface area contributed by atoms with Crippen molar-refractivity contribution >= 4 is 17.7 Å². The molecule has 0 aliphatic rings. The topological polar surface area (TPSA) is 76.7 Å². The van der Waals surface area contributed by atoms with Gasteiger partial charge in [0, 0.05) is 5.69 Å². The maximum absolute atomic E-state index is 11.9. The Hall–Kier alpha value is -3.02. The third-order valence-corrected chi connectivity index (χ3v) is 4.03. The minimum Gasteiger partial charge on any atom is -0.492 e. The molecule has 2 aromatic carbocycles. The van der Waals surface area contributed by atoms with Gasteiger partial charge < -0.3 is 20.1 Å². The van der Waals surface area contributed by atoms with E-state index in [-0.39, 0.29) is 17.4 Å². The molecule has 0 heterocycles. The van der Waals surface area contributed by atoms with Gasteiger partial charge in [0.25, 0.3) is 0 Å². The van der Waals surface area contributed by atoms with Crippen molar-refractivity contribution in [2.24, 2.45) is 0 Å². The highest BCUT2D eigenvalue weighted by Crippen LogP contribution is 2.24. The largest absolute Gasteiger partial charge is 0.492 e. The van der Waals surface area contributed by atoms with E-state index in [0.717, 1.165) is 5.75 Å². The highest BCUT2D eigenvalue weighted by molar-refractivity contribution is 5.92. The standard InChI is InChI=1S/C22H28N2O4/c1-5-27-20(25)16-6-10-18(11-7-16)24-21(26)23-14-15-28-19-12-8-17(9-13-19)22(2,3)4/h6-13H,5,14-15H2,1-4H3,(H2,23,24,26). The van der Waals surface area contributed by atoms with Gasteiger partial charge in [-0.15, -0.1) is 0 Å². The van der Waals surface area contributed by atoms with Gasteiger partial charge in [-0.3, -0.25) is 0 Å². The van der Waals surface area contributed by atoms with Crippen LogP contribution in [0.3, 0.4) is 0 Å². The van der Waals surface area contributed by atoms with E-state index in [1.807, 2.05) is 12.1 Å². The van der Waals surface area contributed by atoms with Crippen molar-refractivity contribution in [1.82, 2.24) is 5.32 Å². The van der Waals surface area contributed by atoms with Crippen LogP contribution in [-0.4, -0.2) is 31.8 Å². The second-order valence-corrected chi connectivity index (χ2v) is 7.30. The molecule has 0 aliphatic heterocycles. The third kappa shape index (κ3) is 6.61. The van der Waals surface area contributed by atoms with Crippen LogP contribution in [0, 0.1) is 0 Å². The quantitative estimate of drug-likeness (QED) is 0.549. The number of ether oxygens (including phenoxy) is 2. The van der Waals surface area contributed by atoms with E-state index in [9.17, 15) is 9.59 Å². The summed E-state index contributed by atoms with van der Waals surface area (Å²) < 4.78 is 10.6. The van der Waals surface area contributed by atoms with E-state index in [1.54, 1.807) is 31.2 Å². The molecule has 0 unspecified atom stereocenters. The van der Waals surface area contributed by atoms with Crippen LogP contribution in [0.5, 0.6) is 5.75 Å². The molecule has 28 heavy (non-hydrogen) atoms. The minimum absolute atomic E-state index is 0.104. The molecule has 0 atom stereocenters. The van der Waals surface area contributed by atoms with E-state index in [2.05, 4.69) is 43.5 Å². The van der Waals surface area contributed by atoms with Crippen LogP contribution in [0.4, 0.5) is 10.5 Å². The predicted octanol–water partition coefficient (Wildman–Crippen LogP) is 4.36. The fourth-order valence-corrected chi connectivity index (χ4v) is 2.46. The highest BCUT2D eigenvalue weighted by atomic mass is 16.5. The zero-order valence-corrected chi connectivity index (χ0v) is 16.9. The molecular formula is C22H28N2O4. The van der Waals surface area contributed by atoms with Crippen molar-refractivity contribution in [1.29, 1.82) is 0 Å². The predicted molar refractivity (Wildman–Crippen MR) is 110 cm³/mol. The molecule has 0 fully saturated rings. The van der Waals surface area contributed by atoms with Crippen LogP contribution in [-0.2, 0) is 10.2 Å². The van der Waals surface area contributed by atoms with E-state index >= 15 is 0 Å². The fourth-order valence-electron chi connectivity index (χ4n) is 2.46. The first-order valence-electron chi connectivity index (χ1n) is 9.35. The van der Waals surface area contributed by atoms with Crippen LogP contribution in [0.2, 0.25) is 0 Å². The minimum atomic E-state index is -0.383. The molecule has 0 aromatic heterocycles. The summed E-state index contributed by atoms with van der Waals surface area (Å²) in [5.74, 6) is 0.385. The van der Waals surface area contributed by atoms with Crippen molar-refractivity contribution in [2.75, 3.05) is 25.1 Å². The Labute approximate surface area is 166 Å². The van der Waals surface area contributed by atoms with Crippen LogP contribution in [0.1, 0.15) is 43.6 Å². The number of anilines is 1. The molecule has 2 rings (SSSR count). The van der Waals surface area contributed by atoms with Crippen molar-refractivity contribution in [2.45, 2.75) is 33.1 Å². The lowest BCUT2D eigenvalue weighted by molar-refractivity contribution is 0.0526. The summed E-state index contributed by atoms with van der Waals surface area (Å²) in [4.78, 5) is 23.5. The van der Waals surface area contributed by atoms with Gasteiger partial charge in [0.05, 0.1) is 18.7 Å². The Morgan fingerprint density at radius 1 is 0.964 bits per heavy atom. The number of amides is 2. The molecule has 6 heteroatoms. The van der Waals surface area contributed by atoms with E-state index in [1.165, 1.54) is 5.56 Å². The van der Waals surface area contributed by atoms with Gasteiger partial charge >= 0.3 is 12.0 Å². The maximum atomic E-state index is 11.9. The number of benzene rings is 2. The summed E-state index contributed by atoms with van der Waals surface area (Å²) in [6, 6.07) is 14.2. The first-order chi connectivity index (χ1) is 13.3. The number of carbonyl (C=O) groups is 2. The Balaban J connectivity index is 1.72. The smallest absolute Gasteiger partial charge is 0.338 e. The van der Waals surface area contributed by atoms with E-state index < -0.39 is 0 Å². The third-order valence-electron chi connectivity index (χ3n) is 4.03. The summed E-state index contributed by atoms with van der Waals surface area (Å²) in [5.41, 5.74) is 2.38. The average molecular weight is 384 g/mol. The van der Waals surface area contributed by atoms with Crippen LogP contribution < -0.4 is 15.4 Å². The van der Waals surface area contributed by atoms with Crippen molar-refractivity contribution in [3.63, 3.8) is 0 Å². The molecule has 0 bridgehead atoms. The van der Waals surface area contributed by atoms with Gasteiger partial charge in [0.1, 0.15) is 12.4 Å². The van der Waals surface area contributed by atoms with E-state index in [4.69, 9.17) is 9.47 Å². The summed E-state index contributed by atoms with van der Waals surface area (Å²) in [7, 11) is 0. The zero-order chi connectivity index (χ0) is 20.6. The zero-order valence-electron chi connectivity index (χ0n) is 16.9. The first-order valence-corrected chi connectivity index (χ1v) is 9.35. The molecular weight excluding hydrogens is 356 g/mol. The molecule has 150 valence electrons. The number of urea groups is 1. The summed E-state index contributed by atoms with van der Waals surface area (Å²) in [6.45, 7) is 9.30. The Bertz CT molecular complexity index is 778. The number of carbonyl (C=O) groups excluding carboxylic acids is 2. The van der Waals surface area contributed by atoms with Crippen LogP contribution >= 0.6 is 0 Å². The number of hydrogen-bond donors (Lipinski definition) is 2. The first kappa shape index (κ1) is 21.3. The maximum Gasteiger partial charge on any atom is 0.338 e. The van der Waals surface area contributed by atoms with Crippen molar-refractivity contribution in [3.05, 3.63) is 59.7 Å². The molecule has 2 aromatic rings. The lowest BCUT2D eigenvalue weighted by atomic mass is 9.87. The lowest BCUT2D eigenvalue weighted by Crippen LogP contribution is -2.32. The van der Waals surface area contributed by atoms with Gasteiger partial charge in [-0.05, 0) is 54.3 Å². The lowest BCUT2D eigenvalue weighted by Gasteiger charge is -2.19. The molecule has 0 saturated heterocycles. The molecule has 0 saturated carbocycles. The van der Waals surface area contributed by atoms with Gasteiger partial charge in [0.15, 0.2) is 0 Å². The van der Waals surface area contributed by atoms with Gasteiger partial charge in [-0.1, -0.05) is 32.9 Å². The highest BCUT2D eigenvalue weighted by Gasteiger charge is 2.13. The molecule has 0 radical (unpaired) electrons. The molecule has 0 spiro atoms. The molecule has 6 nitrogen and oxygen atoms in total. The Morgan fingerprint density at radius 3 is 2.18 bits per heavy atom. The second kappa shape index (κ2) is 9.78. The van der Waals surface area contributed by atoms with Crippen LogP contribution in [0.25, 0.3) is 0 Å². The Morgan fingerprint density at radius 2 is 1.61 bits per heavy atom. The summed E-state index contributed by atoms with van der Waals surface area (Å²) in [5, 5.41) is 5.43. The number of nitrogens with one attached hydrogen (secondary N) is 2. The molecule has 2 amide bonds. The Kier molecular flexibility index (Phi) is 7.44.